The minimum atomic E-state index is 0.0336. The van der Waals surface area contributed by atoms with E-state index in [4.69, 9.17) is 0 Å². The summed E-state index contributed by atoms with van der Waals surface area (Å²) in [6, 6.07) is 10.4. The average molecular weight is 311 g/mol. The zero-order valence-corrected chi connectivity index (χ0v) is 14.0. The van der Waals surface area contributed by atoms with Gasteiger partial charge in [0.2, 0.25) is 5.91 Å². The van der Waals surface area contributed by atoms with Gasteiger partial charge in [-0.3, -0.25) is 4.79 Å². The molecule has 23 heavy (non-hydrogen) atoms. The van der Waals surface area contributed by atoms with E-state index in [2.05, 4.69) is 21.7 Å². The predicted molar refractivity (Wildman–Crippen MR) is 90.8 cm³/mol. The van der Waals surface area contributed by atoms with Crippen LogP contribution in [0.25, 0.3) is 0 Å². The predicted octanol–water partition coefficient (Wildman–Crippen LogP) is 3.33. The molecule has 1 saturated carbocycles. The van der Waals surface area contributed by atoms with Gasteiger partial charge in [0.1, 0.15) is 5.82 Å². The number of nitrogens with zero attached hydrogens (tertiary/aromatic N) is 3. The van der Waals surface area contributed by atoms with E-state index in [9.17, 15) is 4.79 Å². The molecule has 122 valence electrons. The lowest BCUT2D eigenvalue weighted by atomic mass is 10.1. The van der Waals surface area contributed by atoms with Gasteiger partial charge in [-0.25, -0.2) is 4.98 Å². The van der Waals surface area contributed by atoms with E-state index in [-0.39, 0.29) is 11.8 Å². The second-order valence-electron chi connectivity index (χ2n) is 6.77. The lowest BCUT2D eigenvalue weighted by Crippen LogP contribution is -2.36. The van der Waals surface area contributed by atoms with E-state index in [1.165, 1.54) is 18.4 Å². The average Bonchev–Trinajstić information content (AvgIpc) is 3.27. The first kappa shape index (κ1) is 15.8. The van der Waals surface area contributed by atoms with Crippen molar-refractivity contribution in [2.24, 2.45) is 11.8 Å². The van der Waals surface area contributed by atoms with Crippen molar-refractivity contribution in [2.45, 2.75) is 39.8 Å². The van der Waals surface area contributed by atoms with Crippen molar-refractivity contribution in [1.29, 1.82) is 0 Å². The molecule has 1 aliphatic rings. The fourth-order valence-corrected chi connectivity index (χ4v) is 2.80. The Morgan fingerprint density at radius 1 is 1.30 bits per heavy atom. The largest absolute Gasteiger partial charge is 0.335 e. The number of hydrogen-bond acceptors (Lipinski definition) is 2. The fourth-order valence-electron chi connectivity index (χ4n) is 2.80. The van der Waals surface area contributed by atoms with Crippen LogP contribution in [0.1, 0.15) is 38.1 Å². The molecule has 0 spiro atoms. The Hall–Kier alpha value is -2.10. The molecule has 1 aliphatic carbocycles. The maximum Gasteiger partial charge on any atom is 0.225 e. The van der Waals surface area contributed by atoms with Gasteiger partial charge in [-0.2, -0.15) is 0 Å². The molecule has 0 aliphatic heterocycles. The van der Waals surface area contributed by atoms with E-state index >= 15 is 0 Å². The molecule has 1 heterocycles. The first-order valence-electron chi connectivity index (χ1n) is 8.46. The van der Waals surface area contributed by atoms with Crippen molar-refractivity contribution < 1.29 is 4.79 Å². The summed E-state index contributed by atoms with van der Waals surface area (Å²) in [5, 5.41) is 0. The van der Waals surface area contributed by atoms with Crippen LogP contribution in [-0.4, -0.2) is 26.9 Å². The number of carbonyl (C=O) groups excluding carboxylic acids is 1. The van der Waals surface area contributed by atoms with Crippen LogP contribution in [0.3, 0.4) is 0 Å². The minimum absolute atomic E-state index is 0.0336. The summed E-state index contributed by atoms with van der Waals surface area (Å²) in [5.41, 5.74) is 1.25. The third kappa shape index (κ3) is 4.21. The summed E-state index contributed by atoms with van der Waals surface area (Å²) >= 11 is 0. The van der Waals surface area contributed by atoms with Crippen molar-refractivity contribution >= 4 is 5.91 Å². The van der Waals surface area contributed by atoms with Crippen molar-refractivity contribution in [3.63, 3.8) is 0 Å². The molecule has 1 aromatic heterocycles. The van der Waals surface area contributed by atoms with Crippen LogP contribution in [0.15, 0.2) is 42.7 Å². The van der Waals surface area contributed by atoms with Crippen molar-refractivity contribution in [3.05, 3.63) is 54.1 Å². The first-order chi connectivity index (χ1) is 11.1. The van der Waals surface area contributed by atoms with E-state index in [0.29, 0.717) is 12.5 Å². The highest BCUT2D eigenvalue weighted by Crippen LogP contribution is 2.30. The van der Waals surface area contributed by atoms with Crippen LogP contribution in [0.4, 0.5) is 0 Å². The molecule has 1 aromatic carbocycles. The monoisotopic (exact) mass is 311 g/mol. The lowest BCUT2D eigenvalue weighted by molar-refractivity contribution is -0.135. The molecule has 0 atom stereocenters. The van der Waals surface area contributed by atoms with Crippen molar-refractivity contribution in [3.8, 4) is 0 Å². The van der Waals surface area contributed by atoms with Crippen LogP contribution < -0.4 is 0 Å². The van der Waals surface area contributed by atoms with Crippen LogP contribution in [0, 0.1) is 11.8 Å². The minimum Gasteiger partial charge on any atom is -0.335 e. The normalized spacial score (nSPS) is 14.2. The summed E-state index contributed by atoms with van der Waals surface area (Å²) in [6.45, 7) is 6.21. The molecule has 4 nitrogen and oxygen atoms in total. The standard InChI is InChI=1S/C19H25N3O/c1-15(2)19(23)22(13-17-8-9-17)14-18-20-10-11-21(18)12-16-6-4-3-5-7-16/h3-7,10-11,15,17H,8-9,12-14H2,1-2H3. The Morgan fingerprint density at radius 3 is 2.70 bits per heavy atom. The Morgan fingerprint density at radius 2 is 2.04 bits per heavy atom. The maximum atomic E-state index is 12.5. The summed E-state index contributed by atoms with van der Waals surface area (Å²) < 4.78 is 2.14. The van der Waals surface area contributed by atoms with Gasteiger partial charge in [0.05, 0.1) is 6.54 Å². The van der Waals surface area contributed by atoms with Gasteiger partial charge in [0.25, 0.3) is 0 Å². The molecule has 0 unspecified atom stereocenters. The van der Waals surface area contributed by atoms with Crippen molar-refractivity contribution in [1.82, 2.24) is 14.5 Å². The molecule has 2 aromatic rings. The highest BCUT2D eigenvalue weighted by molar-refractivity contribution is 5.78. The summed E-state index contributed by atoms with van der Waals surface area (Å²) in [6.07, 6.45) is 6.32. The number of imidazole rings is 1. The van der Waals surface area contributed by atoms with Crippen LogP contribution in [0.2, 0.25) is 0 Å². The number of hydrogen-bond donors (Lipinski definition) is 0. The van der Waals surface area contributed by atoms with Gasteiger partial charge in [-0.15, -0.1) is 0 Å². The maximum absolute atomic E-state index is 12.5. The number of aromatic nitrogens is 2. The summed E-state index contributed by atoms with van der Waals surface area (Å²) in [5.74, 6) is 1.91. The second-order valence-corrected chi connectivity index (χ2v) is 6.77. The highest BCUT2D eigenvalue weighted by atomic mass is 16.2. The molecule has 0 bridgehead atoms. The summed E-state index contributed by atoms with van der Waals surface area (Å²) in [7, 11) is 0. The first-order valence-corrected chi connectivity index (χ1v) is 8.46. The van der Waals surface area contributed by atoms with Crippen molar-refractivity contribution in [2.75, 3.05) is 6.54 Å². The smallest absolute Gasteiger partial charge is 0.225 e. The van der Waals surface area contributed by atoms with E-state index in [1.54, 1.807) is 0 Å². The van der Waals surface area contributed by atoms with Gasteiger partial charge in [-0.05, 0) is 24.3 Å². The van der Waals surface area contributed by atoms with Gasteiger partial charge in [0.15, 0.2) is 0 Å². The third-order valence-corrected chi connectivity index (χ3v) is 4.31. The quantitative estimate of drug-likeness (QED) is 0.786. The van der Waals surface area contributed by atoms with E-state index in [0.717, 1.165) is 18.9 Å². The van der Waals surface area contributed by atoms with E-state index in [1.807, 2.05) is 49.3 Å². The van der Waals surface area contributed by atoms with E-state index < -0.39 is 0 Å². The molecule has 3 rings (SSSR count). The Balaban J connectivity index is 1.72. The molecule has 0 N–H and O–H groups in total. The van der Waals surface area contributed by atoms with Gasteiger partial charge < -0.3 is 9.47 Å². The molecule has 0 radical (unpaired) electrons. The Labute approximate surface area is 138 Å². The number of amides is 1. The molecule has 1 fully saturated rings. The van der Waals surface area contributed by atoms with Gasteiger partial charge in [-0.1, -0.05) is 44.2 Å². The number of benzene rings is 1. The zero-order valence-electron chi connectivity index (χ0n) is 14.0. The number of rotatable bonds is 7. The number of carbonyl (C=O) groups is 1. The van der Waals surface area contributed by atoms with Gasteiger partial charge >= 0.3 is 0 Å². The lowest BCUT2D eigenvalue weighted by Gasteiger charge is -2.24. The zero-order chi connectivity index (χ0) is 16.2. The molecule has 4 heteroatoms. The fraction of sp³-hybridized carbons (Fsp3) is 0.474. The summed E-state index contributed by atoms with van der Waals surface area (Å²) in [4.78, 5) is 19.0. The van der Waals surface area contributed by atoms with Crippen LogP contribution in [0.5, 0.6) is 0 Å². The highest BCUT2D eigenvalue weighted by Gasteiger charge is 2.28. The molecular formula is C19H25N3O. The van der Waals surface area contributed by atoms with Crippen LogP contribution >= 0.6 is 0 Å². The van der Waals surface area contributed by atoms with Gasteiger partial charge in [0, 0.05) is 31.4 Å². The molecule has 0 saturated heterocycles. The topological polar surface area (TPSA) is 38.1 Å². The Kier molecular flexibility index (Phi) is 4.79. The Bertz CT molecular complexity index is 644. The van der Waals surface area contributed by atoms with Crippen LogP contribution in [-0.2, 0) is 17.9 Å². The third-order valence-electron chi connectivity index (χ3n) is 4.31. The SMILES string of the molecule is CC(C)C(=O)N(Cc1nccn1Cc1ccccc1)CC1CC1. The molecule has 1 amide bonds. The second kappa shape index (κ2) is 6.99. The molecular weight excluding hydrogens is 286 g/mol.